The summed E-state index contributed by atoms with van der Waals surface area (Å²) in [6, 6.07) is 0.396. The van der Waals surface area contributed by atoms with E-state index in [-0.39, 0.29) is 42.5 Å². The summed E-state index contributed by atoms with van der Waals surface area (Å²) in [6.45, 7) is 13.1. The maximum absolute atomic E-state index is 12.5. The highest BCUT2D eigenvalue weighted by molar-refractivity contribution is 5.89. The fourth-order valence-electron chi connectivity index (χ4n) is 9.41. The Labute approximate surface area is 279 Å². The molecule has 5 amide bonds. The lowest BCUT2D eigenvalue weighted by Crippen LogP contribution is -2.67. The van der Waals surface area contributed by atoms with Crippen LogP contribution in [0.15, 0.2) is 0 Å². The van der Waals surface area contributed by atoms with Crippen LogP contribution in [0.3, 0.4) is 0 Å². The summed E-state index contributed by atoms with van der Waals surface area (Å²) in [6.07, 6.45) is 7.90. The summed E-state index contributed by atoms with van der Waals surface area (Å²) < 4.78 is 0. The van der Waals surface area contributed by atoms with E-state index in [1.54, 1.807) is 21.7 Å². The molecule has 0 aromatic carbocycles. The molecule has 6 saturated heterocycles. The zero-order chi connectivity index (χ0) is 32.3. The molecule has 0 radical (unpaired) electrons. The average Bonchev–Trinajstić information content (AvgIpc) is 3.29. The third kappa shape index (κ3) is 6.41. The van der Waals surface area contributed by atoms with Crippen LogP contribution < -0.4 is 11.1 Å². The SMILES string of the molecule is CCN1CC2(CC(N)C2)C1.CCN1CC2(CC(NC(=O)[C@@H]3CC[C@@H]4CN3C(=O)N4C)C2)C1.CN1C(=O)N2C[C@H]1CC[C@H]2C(=O)O.Cl. The van der Waals surface area contributed by atoms with E-state index in [1.807, 2.05) is 7.05 Å². The highest BCUT2D eigenvalue weighted by atomic mass is 35.5. The predicted octanol–water partition coefficient (Wildman–Crippen LogP) is 1.31. The number of carboxylic acids is 1. The number of hydrogen-bond acceptors (Lipinski definition) is 7. The second kappa shape index (κ2) is 13.3. The van der Waals surface area contributed by atoms with Gasteiger partial charge in [-0.3, -0.25) is 4.79 Å². The monoisotopic (exact) mass is 666 g/mol. The van der Waals surface area contributed by atoms with E-state index in [2.05, 4.69) is 29.0 Å². The highest BCUT2D eigenvalue weighted by Gasteiger charge is 2.53. The molecular formula is C32H55ClN8O5. The number of halogens is 1. The number of amides is 5. The number of likely N-dealkylation sites (N-methyl/N-ethyl adjacent to an activating group) is 2. The zero-order valence-corrected chi connectivity index (χ0v) is 28.8. The molecule has 46 heavy (non-hydrogen) atoms. The van der Waals surface area contributed by atoms with Crippen molar-refractivity contribution in [1.29, 1.82) is 0 Å². The molecule has 8 fully saturated rings. The van der Waals surface area contributed by atoms with E-state index in [0.29, 0.717) is 48.5 Å². The number of nitrogens with two attached hydrogens (primary N) is 1. The van der Waals surface area contributed by atoms with Crippen LogP contribution in [0.4, 0.5) is 9.59 Å². The molecule has 0 aromatic heterocycles. The summed E-state index contributed by atoms with van der Waals surface area (Å²) in [5.74, 6) is -0.823. The first-order valence-electron chi connectivity index (χ1n) is 17.2. The number of carboxylic acid groups (broad SMARTS) is 1. The molecule has 260 valence electrons. The summed E-state index contributed by atoms with van der Waals surface area (Å²) in [7, 11) is 3.58. The Bertz CT molecular complexity index is 1160. The van der Waals surface area contributed by atoms with Gasteiger partial charge in [0.15, 0.2) is 0 Å². The van der Waals surface area contributed by atoms with Gasteiger partial charge in [0.1, 0.15) is 12.1 Å². The third-order valence-corrected chi connectivity index (χ3v) is 12.1. The van der Waals surface area contributed by atoms with E-state index in [9.17, 15) is 19.2 Å². The molecule has 6 aliphatic heterocycles. The minimum Gasteiger partial charge on any atom is -0.480 e. The number of hydrogen-bond donors (Lipinski definition) is 3. The Hall–Kier alpha value is -2.35. The lowest BCUT2D eigenvalue weighted by molar-refractivity contribution is -0.142. The molecule has 13 nitrogen and oxygen atoms in total. The molecule has 0 unspecified atom stereocenters. The van der Waals surface area contributed by atoms with Gasteiger partial charge in [0.2, 0.25) is 5.91 Å². The van der Waals surface area contributed by atoms with Crippen molar-refractivity contribution in [1.82, 2.24) is 34.7 Å². The van der Waals surface area contributed by atoms with Gasteiger partial charge in [-0.2, -0.15) is 0 Å². The van der Waals surface area contributed by atoms with Crippen LogP contribution in [0.2, 0.25) is 0 Å². The van der Waals surface area contributed by atoms with Crippen molar-refractivity contribution in [3.05, 3.63) is 0 Å². The molecule has 6 heterocycles. The van der Waals surface area contributed by atoms with Crippen molar-refractivity contribution in [3.8, 4) is 0 Å². The molecular weight excluding hydrogens is 612 g/mol. The Morgan fingerprint density at radius 3 is 1.65 bits per heavy atom. The highest BCUT2D eigenvalue weighted by Crippen LogP contribution is 2.48. The lowest BCUT2D eigenvalue weighted by Gasteiger charge is -2.59. The Morgan fingerprint density at radius 1 is 0.783 bits per heavy atom. The van der Waals surface area contributed by atoms with Crippen molar-refractivity contribution in [3.63, 3.8) is 0 Å². The van der Waals surface area contributed by atoms with Gasteiger partial charge in [0.25, 0.3) is 0 Å². The Balaban J connectivity index is 0.000000148. The Morgan fingerprint density at radius 2 is 1.22 bits per heavy atom. The molecule has 2 saturated carbocycles. The molecule has 4 bridgehead atoms. The number of nitrogens with zero attached hydrogens (tertiary/aromatic N) is 6. The van der Waals surface area contributed by atoms with E-state index in [0.717, 1.165) is 38.6 Å². The normalized spacial score (nSPS) is 32.3. The first-order chi connectivity index (χ1) is 21.4. The summed E-state index contributed by atoms with van der Waals surface area (Å²) in [4.78, 5) is 58.6. The number of rotatable bonds is 5. The van der Waals surface area contributed by atoms with Crippen molar-refractivity contribution in [2.75, 3.05) is 66.5 Å². The molecule has 2 aliphatic carbocycles. The molecule has 4 N–H and O–H groups in total. The molecule has 0 aromatic rings. The van der Waals surface area contributed by atoms with Gasteiger partial charge >= 0.3 is 18.0 Å². The van der Waals surface area contributed by atoms with Crippen molar-refractivity contribution in [2.45, 2.75) is 101 Å². The Kier molecular flexibility index (Phi) is 10.1. The van der Waals surface area contributed by atoms with Crippen LogP contribution in [0, 0.1) is 10.8 Å². The van der Waals surface area contributed by atoms with Crippen molar-refractivity contribution >= 4 is 36.3 Å². The number of urea groups is 2. The number of fused-ring (bicyclic) bond motifs is 4. The van der Waals surface area contributed by atoms with E-state index < -0.39 is 12.0 Å². The predicted molar refractivity (Wildman–Crippen MR) is 176 cm³/mol. The minimum absolute atomic E-state index is 0. The molecule has 8 aliphatic rings. The van der Waals surface area contributed by atoms with Gasteiger partial charge in [-0.15, -0.1) is 12.4 Å². The third-order valence-electron chi connectivity index (χ3n) is 12.1. The topological polar surface area (TPSA) is 146 Å². The van der Waals surface area contributed by atoms with Gasteiger partial charge in [-0.1, -0.05) is 13.8 Å². The van der Waals surface area contributed by atoms with Crippen LogP contribution >= 0.6 is 12.4 Å². The van der Waals surface area contributed by atoms with Crippen LogP contribution in [-0.4, -0.2) is 161 Å². The van der Waals surface area contributed by atoms with Crippen LogP contribution in [-0.2, 0) is 9.59 Å². The fraction of sp³-hybridized carbons (Fsp3) is 0.875. The maximum atomic E-state index is 12.5. The fourth-order valence-corrected chi connectivity index (χ4v) is 9.41. The van der Waals surface area contributed by atoms with Crippen molar-refractivity contribution in [2.24, 2.45) is 16.6 Å². The standard InChI is InChI=1S/C16H26N4O2.C8H12N2O3.C8H16N2.ClH/c1-3-19-9-16(10-19)6-11(7-16)17-14(21)13-5-4-12-8-20(13)15(22)18(12)2;1-9-5-2-3-6(7(11)12)10(4-5)8(9)13;1-2-10-5-8(6-10)3-7(9)4-8;/h11-13H,3-10H2,1-2H3,(H,17,21);5-6H,2-4H2,1H3,(H,11,12);7H,2-6,9H2,1H3;1H/t12-,13+;5-,6+;;/m11../s1. The van der Waals surface area contributed by atoms with Gasteiger partial charge in [-0.25, -0.2) is 14.4 Å². The zero-order valence-electron chi connectivity index (χ0n) is 28.0. The average molecular weight is 667 g/mol. The second-order valence-electron chi connectivity index (χ2n) is 15.3. The van der Waals surface area contributed by atoms with Crippen LogP contribution in [0.5, 0.6) is 0 Å². The van der Waals surface area contributed by atoms with Gasteiger partial charge in [-0.05, 0) is 75.3 Å². The molecule has 2 spiro atoms. The maximum Gasteiger partial charge on any atom is 0.326 e. The minimum atomic E-state index is -0.887. The molecule has 4 atom stereocenters. The summed E-state index contributed by atoms with van der Waals surface area (Å²) >= 11 is 0. The number of piperidine rings is 2. The van der Waals surface area contributed by atoms with Gasteiger partial charge in [0.05, 0.1) is 12.1 Å². The smallest absolute Gasteiger partial charge is 0.326 e. The van der Waals surface area contributed by atoms with E-state index >= 15 is 0 Å². The lowest BCUT2D eigenvalue weighted by atomic mass is 9.60. The first-order valence-corrected chi connectivity index (χ1v) is 17.2. The van der Waals surface area contributed by atoms with Crippen molar-refractivity contribution < 1.29 is 24.3 Å². The van der Waals surface area contributed by atoms with E-state index in [4.69, 9.17) is 10.8 Å². The summed E-state index contributed by atoms with van der Waals surface area (Å²) in [5.41, 5.74) is 6.90. The number of nitrogens with one attached hydrogen (secondary N) is 1. The van der Waals surface area contributed by atoms with Gasteiger partial charge in [0, 0.05) is 65.4 Å². The number of carbonyl (C=O) groups is 4. The first kappa shape index (κ1) is 35.0. The number of likely N-dealkylation sites (tertiary alicyclic amines) is 2. The molecule has 14 heteroatoms. The largest absolute Gasteiger partial charge is 0.480 e. The summed E-state index contributed by atoms with van der Waals surface area (Å²) in [5, 5.41) is 12.0. The van der Waals surface area contributed by atoms with E-state index in [1.165, 1.54) is 50.5 Å². The number of carbonyl (C=O) groups excluding carboxylic acids is 3. The second-order valence-corrected chi connectivity index (χ2v) is 15.3. The number of aliphatic carboxylic acids is 1. The van der Waals surface area contributed by atoms with Crippen LogP contribution in [0.25, 0.3) is 0 Å². The van der Waals surface area contributed by atoms with Gasteiger partial charge < -0.3 is 45.6 Å². The molecule has 8 rings (SSSR count). The quantitative estimate of drug-likeness (QED) is 0.398. The van der Waals surface area contributed by atoms with Crippen LogP contribution in [0.1, 0.15) is 65.2 Å².